The van der Waals surface area contributed by atoms with E-state index in [1.54, 1.807) is 6.20 Å². The number of pyridine rings is 1. The van der Waals surface area contributed by atoms with Crippen LogP contribution >= 0.6 is 0 Å². The van der Waals surface area contributed by atoms with Crippen LogP contribution in [0, 0.1) is 6.92 Å². The van der Waals surface area contributed by atoms with Gasteiger partial charge in [0, 0.05) is 24.7 Å². The zero-order chi connectivity index (χ0) is 9.97. The molecule has 0 aromatic carbocycles. The molecule has 1 aliphatic rings. The predicted octanol–water partition coefficient (Wildman–Crippen LogP) is 1.52. The molecule has 1 aromatic heterocycles. The van der Waals surface area contributed by atoms with Gasteiger partial charge >= 0.3 is 0 Å². The minimum atomic E-state index is 0.300. The van der Waals surface area contributed by atoms with E-state index in [1.165, 1.54) is 0 Å². The van der Waals surface area contributed by atoms with Gasteiger partial charge in [-0.05, 0) is 26.0 Å². The number of rotatable bonds is 2. The van der Waals surface area contributed by atoms with Crippen molar-refractivity contribution in [2.24, 2.45) is 0 Å². The molecule has 0 saturated carbocycles. The monoisotopic (exact) mass is 192 g/mol. The molecule has 76 valence electrons. The Morgan fingerprint density at radius 1 is 1.50 bits per heavy atom. The summed E-state index contributed by atoms with van der Waals surface area (Å²) in [5.41, 5.74) is 1.02. The van der Waals surface area contributed by atoms with Gasteiger partial charge in [-0.25, -0.2) is 0 Å². The summed E-state index contributed by atoms with van der Waals surface area (Å²) in [6.07, 6.45) is 3.17. The molecule has 2 atom stereocenters. The molecular weight excluding hydrogens is 176 g/mol. The minimum Gasteiger partial charge on any atom is -0.487 e. The standard InChI is InChI=1S/C11H16N2O/c1-8-3-4-10(6-12-8)14-11-5-9(2)13-7-11/h3-4,6,9,11,13H,5,7H2,1-2H3/t9-,11+/m0/s1. The van der Waals surface area contributed by atoms with Gasteiger partial charge in [-0.2, -0.15) is 0 Å². The lowest BCUT2D eigenvalue weighted by molar-refractivity contribution is 0.219. The van der Waals surface area contributed by atoms with Crippen LogP contribution in [-0.2, 0) is 0 Å². The molecule has 1 saturated heterocycles. The van der Waals surface area contributed by atoms with Crippen LogP contribution in [0.5, 0.6) is 5.75 Å². The summed E-state index contributed by atoms with van der Waals surface area (Å²) in [6, 6.07) is 4.52. The van der Waals surface area contributed by atoms with Crippen LogP contribution in [0.15, 0.2) is 18.3 Å². The molecule has 1 aromatic rings. The summed E-state index contributed by atoms with van der Waals surface area (Å²) < 4.78 is 5.78. The summed E-state index contributed by atoms with van der Waals surface area (Å²) >= 11 is 0. The third-order valence-electron chi connectivity index (χ3n) is 2.50. The Morgan fingerprint density at radius 3 is 2.93 bits per heavy atom. The van der Waals surface area contributed by atoms with E-state index in [9.17, 15) is 0 Å². The Bertz CT molecular complexity index is 297. The van der Waals surface area contributed by atoms with Gasteiger partial charge in [0.25, 0.3) is 0 Å². The first-order valence-corrected chi connectivity index (χ1v) is 5.07. The molecule has 1 aliphatic heterocycles. The molecule has 14 heavy (non-hydrogen) atoms. The zero-order valence-electron chi connectivity index (χ0n) is 8.66. The summed E-state index contributed by atoms with van der Waals surface area (Å²) in [5.74, 6) is 0.872. The lowest BCUT2D eigenvalue weighted by atomic mass is 10.2. The first-order chi connectivity index (χ1) is 6.74. The normalized spacial score (nSPS) is 26.4. The Balaban J connectivity index is 1.94. The molecule has 3 heteroatoms. The summed E-state index contributed by atoms with van der Waals surface area (Å²) in [7, 11) is 0. The van der Waals surface area contributed by atoms with Gasteiger partial charge < -0.3 is 10.1 Å². The quantitative estimate of drug-likeness (QED) is 0.771. The Labute approximate surface area is 84.5 Å². The fourth-order valence-electron chi connectivity index (χ4n) is 1.70. The number of aromatic nitrogens is 1. The van der Waals surface area contributed by atoms with Crippen LogP contribution in [0.25, 0.3) is 0 Å². The van der Waals surface area contributed by atoms with E-state index in [0.29, 0.717) is 12.1 Å². The van der Waals surface area contributed by atoms with Crippen LogP contribution < -0.4 is 10.1 Å². The van der Waals surface area contributed by atoms with Gasteiger partial charge in [-0.15, -0.1) is 0 Å². The number of hydrogen-bond donors (Lipinski definition) is 1. The highest BCUT2D eigenvalue weighted by Gasteiger charge is 2.21. The van der Waals surface area contributed by atoms with Gasteiger partial charge in [-0.3, -0.25) is 4.98 Å². The highest BCUT2D eigenvalue weighted by molar-refractivity contribution is 5.19. The summed E-state index contributed by atoms with van der Waals surface area (Å²) in [5, 5.41) is 3.36. The average molecular weight is 192 g/mol. The van der Waals surface area contributed by atoms with E-state index in [-0.39, 0.29) is 0 Å². The van der Waals surface area contributed by atoms with E-state index in [1.807, 2.05) is 19.1 Å². The maximum atomic E-state index is 5.78. The maximum Gasteiger partial charge on any atom is 0.138 e. The second-order valence-electron chi connectivity index (χ2n) is 3.92. The van der Waals surface area contributed by atoms with Crippen molar-refractivity contribution in [3.63, 3.8) is 0 Å². The van der Waals surface area contributed by atoms with Crippen LogP contribution in [-0.4, -0.2) is 23.7 Å². The predicted molar refractivity (Wildman–Crippen MR) is 55.5 cm³/mol. The van der Waals surface area contributed by atoms with E-state index in [4.69, 9.17) is 4.74 Å². The van der Waals surface area contributed by atoms with Crippen molar-refractivity contribution in [1.29, 1.82) is 0 Å². The van der Waals surface area contributed by atoms with Gasteiger partial charge in [0.2, 0.25) is 0 Å². The molecule has 0 spiro atoms. The Kier molecular flexibility index (Phi) is 2.68. The Hall–Kier alpha value is -1.09. The second-order valence-corrected chi connectivity index (χ2v) is 3.92. The van der Waals surface area contributed by atoms with Crippen molar-refractivity contribution in [3.05, 3.63) is 24.0 Å². The van der Waals surface area contributed by atoms with E-state index >= 15 is 0 Å². The summed E-state index contributed by atoms with van der Waals surface area (Å²) in [4.78, 5) is 4.19. The number of nitrogens with one attached hydrogen (secondary N) is 1. The lowest BCUT2D eigenvalue weighted by Crippen LogP contribution is -2.20. The van der Waals surface area contributed by atoms with E-state index in [0.717, 1.165) is 24.4 Å². The highest BCUT2D eigenvalue weighted by Crippen LogP contribution is 2.16. The fourth-order valence-corrected chi connectivity index (χ4v) is 1.70. The molecule has 0 bridgehead atoms. The number of ether oxygens (including phenoxy) is 1. The fraction of sp³-hybridized carbons (Fsp3) is 0.545. The van der Waals surface area contributed by atoms with Crippen molar-refractivity contribution in [3.8, 4) is 5.75 Å². The van der Waals surface area contributed by atoms with Gasteiger partial charge in [0.1, 0.15) is 11.9 Å². The SMILES string of the molecule is Cc1ccc(O[C@H]2CN[C@@H](C)C2)cn1. The van der Waals surface area contributed by atoms with Gasteiger partial charge in [-0.1, -0.05) is 0 Å². The molecule has 1 N–H and O–H groups in total. The van der Waals surface area contributed by atoms with Crippen molar-refractivity contribution in [2.75, 3.05) is 6.54 Å². The number of aryl methyl sites for hydroxylation is 1. The molecule has 0 amide bonds. The van der Waals surface area contributed by atoms with Crippen molar-refractivity contribution in [2.45, 2.75) is 32.4 Å². The van der Waals surface area contributed by atoms with E-state index < -0.39 is 0 Å². The van der Waals surface area contributed by atoms with Crippen LogP contribution in [0.3, 0.4) is 0 Å². The number of nitrogens with zero attached hydrogens (tertiary/aromatic N) is 1. The molecule has 0 aliphatic carbocycles. The first kappa shape index (κ1) is 9.46. The van der Waals surface area contributed by atoms with Crippen molar-refractivity contribution in [1.82, 2.24) is 10.3 Å². The third kappa shape index (κ3) is 2.23. The molecule has 0 unspecified atom stereocenters. The number of hydrogen-bond acceptors (Lipinski definition) is 3. The lowest BCUT2D eigenvalue weighted by Gasteiger charge is -2.11. The van der Waals surface area contributed by atoms with E-state index in [2.05, 4.69) is 17.2 Å². The smallest absolute Gasteiger partial charge is 0.138 e. The van der Waals surface area contributed by atoms with Crippen LogP contribution in [0.4, 0.5) is 0 Å². The van der Waals surface area contributed by atoms with Gasteiger partial charge in [0.15, 0.2) is 0 Å². The summed E-state index contributed by atoms with van der Waals surface area (Å²) in [6.45, 7) is 5.09. The highest BCUT2D eigenvalue weighted by atomic mass is 16.5. The molecule has 1 fully saturated rings. The average Bonchev–Trinajstić information content (AvgIpc) is 2.56. The topological polar surface area (TPSA) is 34.1 Å². The zero-order valence-corrected chi connectivity index (χ0v) is 8.66. The largest absolute Gasteiger partial charge is 0.487 e. The minimum absolute atomic E-state index is 0.300. The maximum absolute atomic E-state index is 5.78. The molecule has 2 heterocycles. The Morgan fingerprint density at radius 2 is 2.36 bits per heavy atom. The molecular formula is C11H16N2O. The van der Waals surface area contributed by atoms with Crippen LogP contribution in [0.2, 0.25) is 0 Å². The third-order valence-corrected chi connectivity index (χ3v) is 2.50. The molecule has 0 radical (unpaired) electrons. The molecule has 2 rings (SSSR count). The van der Waals surface area contributed by atoms with Crippen molar-refractivity contribution < 1.29 is 4.74 Å². The van der Waals surface area contributed by atoms with Crippen LogP contribution in [0.1, 0.15) is 19.0 Å². The second kappa shape index (κ2) is 3.96. The first-order valence-electron chi connectivity index (χ1n) is 5.07. The van der Waals surface area contributed by atoms with Crippen molar-refractivity contribution >= 4 is 0 Å². The van der Waals surface area contributed by atoms with Gasteiger partial charge in [0.05, 0.1) is 6.20 Å². The molecule has 3 nitrogen and oxygen atoms in total.